The third-order valence-corrected chi connectivity index (χ3v) is 3.78. The zero-order valence-electron chi connectivity index (χ0n) is 9.12. The molecule has 3 nitrogen and oxygen atoms in total. The number of rotatable bonds is 3. The second kappa shape index (κ2) is 3.90. The Hall–Kier alpha value is -0.800. The molecule has 1 aliphatic carbocycles. The van der Waals surface area contributed by atoms with Crippen LogP contribution in [0.25, 0.3) is 0 Å². The fraction of sp³-hybridized carbons (Fsp3) is 0.583. The molecule has 2 fully saturated rings. The zero-order valence-corrected chi connectivity index (χ0v) is 9.87. The SMILES string of the molecule is Clc1ccc(NC[C@@H]2CC3(CC3)C[N]2)nc1. The number of nitrogens with one attached hydrogen (secondary N) is 1. The topological polar surface area (TPSA) is 39.0 Å². The molecule has 3 rings (SSSR count). The molecule has 0 unspecified atom stereocenters. The lowest BCUT2D eigenvalue weighted by molar-refractivity contribution is 0.550. The molecule has 2 heterocycles. The Morgan fingerprint density at radius 3 is 2.94 bits per heavy atom. The van der Waals surface area contributed by atoms with E-state index in [1.807, 2.05) is 12.1 Å². The van der Waals surface area contributed by atoms with E-state index in [-0.39, 0.29) is 0 Å². The number of aromatic nitrogens is 1. The van der Waals surface area contributed by atoms with Crippen LogP contribution in [0.4, 0.5) is 5.82 Å². The van der Waals surface area contributed by atoms with Gasteiger partial charge < -0.3 is 5.32 Å². The summed E-state index contributed by atoms with van der Waals surface area (Å²) in [5, 5.41) is 8.66. The Bertz CT molecular complexity index is 372. The molecule has 1 N–H and O–H groups in total. The van der Waals surface area contributed by atoms with Gasteiger partial charge in [-0.1, -0.05) is 11.6 Å². The fourth-order valence-corrected chi connectivity index (χ4v) is 2.44. The first-order valence-electron chi connectivity index (χ1n) is 5.78. The van der Waals surface area contributed by atoms with E-state index in [4.69, 9.17) is 11.6 Å². The number of nitrogens with zero attached hydrogens (tertiary/aromatic N) is 2. The molecule has 16 heavy (non-hydrogen) atoms. The van der Waals surface area contributed by atoms with Crippen LogP contribution in [0.3, 0.4) is 0 Å². The van der Waals surface area contributed by atoms with Gasteiger partial charge in [0.05, 0.1) is 5.02 Å². The highest BCUT2D eigenvalue weighted by Crippen LogP contribution is 2.52. The van der Waals surface area contributed by atoms with Crippen LogP contribution in [0, 0.1) is 5.41 Å². The lowest BCUT2D eigenvalue weighted by Crippen LogP contribution is -2.24. The molecule has 4 heteroatoms. The highest BCUT2D eigenvalue weighted by molar-refractivity contribution is 6.30. The minimum atomic E-state index is 0.472. The van der Waals surface area contributed by atoms with Gasteiger partial charge in [0, 0.05) is 25.3 Å². The van der Waals surface area contributed by atoms with Gasteiger partial charge in [-0.25, -0.2) is 10.3 Å². The van der Waals surface area contributed by atoms with Gasteiger partial charge in [0.2, 0.25) is 0 Å². The van der Waals surface area contributed by atoms with Gasteiger partial charge in [0.25, 0.3) is 0 Å². The lowest BCUT2D eigenvalue weighted by Gasteiger charge is -2.11. The Balaban J connectivity index is 1.51. The summed E-state index contributed by atoms with van der Waals surface area (Å²) >= 11 is 5.78. The van der Waals surface area contributed by atoms with E-state index in [0.29, 0.717) is 16.5 Å². The van der Waals surface area contributed by atoms with Crippen LogP contribution in [-0.2, 0) is 0 Å². The highest BCUT2D eigenvalue weighted by Gasteiger charge is 2.48. The minimum Gasteiger partial charge on any atom is -0.368 e. The summed E-state index contributed by atoms with van der Waals surface area (Å²) in [7, 11) is 0. The number of hydrogen-bond donors (Lipinski definition) is 1. The van der Waals surface area contributed by atoms with Crippen molar-refractivity contribution in [3.05, 3.63) is 23.4 Å². The molecule has 1 saturated heterocycles. The predicted molar refractivity (Wildman–Crippen MR) is 64.8 cm³/mol. The number of anilines is 1. The molecule has 85 valence electrons. The molecule has 1 atom stereocenters. The molecule has 1 aliphatic heterocycles. The Labute approximate surface area is 101 Å². The summed E-state index contributed by atoms with van der Waals surface area (Å²) in [5.74, 6) is 0.886. The van der Waals surface area contributed by atoms with Crippen LogP contribution in [0.15, 0.2) is 18.3 Å². The summed E-state index contributed by atoms with van der Waals surface area (Å²) in [4.78, 5) is 4.21. The van der Waals surface area contributed by atoms with Gasteiger partial charge in [-0.3, -0.25) is 0 Å². The van der Waals surface area contributed by atoms with E-state index in [0.717, 1.165) is 18.9 Å². The first-order chi connectivity index (χ1) is 7.76. The second-order valence-electron chi connectivity index (χ2n) is 4.94. The quantitative estimate of drug-likeness (QED) is 0.875. The Morgan fingerprint density at radius 2 is 2.31 bits per heavy atom. The monoisotopic (exact) mass is 236 g/mol. The average molecular weight is 237 g/mol. The summed E-state index contributed by atoms with van der Waals surface area (Å²) in [6.07, 6.45) is 5.68. The van der Waals surface area contributed by atoms with Gasteiger partial charge >= 0.3 is 0 Å². The fourth-order valence-electron chi connectivity index (χ4n) is 2.33. The molecule has 0 bridgehead atoms. The highest BCUT2D eigenvalue weighted by atomic mass is 35.5. The van der Waals surface area contributed by atoms with Crippen LogP contribution in [0.2, 0.25) is 5.02 Å². The molecule has 0 amide bonds. The normalized spacial score (nSPS) is 25.9. The van der Waals surface area contributed by atoms with Crippen molar-refractivity contribution in [1.29, 1.82) is 0 Å². The molecular formula is C12H15ClN3. The first kappa shape index (κ1) is 10.4. The van der Waals surface area contributed by atoms with E-state index in [2.05, 4.69) is 15.6 Å². The maximum atomic E-state index is 5.78. The van der Waals surface area contributed by atoms with E-state index in [1.54, 1.807) is 6.20 Å². The van der Waals surface area contributed by atoms with Crippen molar-refractivity contribution in [2.24, 2.45) is 5.41 Å². The van der Waals surface area contributed by atoms with E-state index < -0.39 is 0 Å². The van der Waals surface area contributed by atoms with Gasteiger partial charge in [-0.15, -0.1) is 0 Å². The molecule has 1 saturated carbocycles. The number of pyridine rings is 1. The Kier molecular flexibility index (Phi) is 2.52. The predicted octanol–water partition coefficient (Wildman–Crippen LogP) is 2.30. The first-order valence-corrected chi connectivity index (χ1v) is 6.16. The van der Waals surface area contributed by atoms with Crippen LogP contribution < -0.4 is 10.6 Å². The summed E-state index contributed by atoms with van der Waals surface area (Å²) in [6.45, 7) is 1.98. The van der Waals surface area contributed by atoms with Crippen molar-refractivity contribution in [2.75, 3.05) is 18.4 Å². The standard InChI is InChI=1S/C12H15ClN3/c13-9-1-2-11(14-6-9)15-7-10-5-12(3-4-12)8-16-10/h1-2,6,10H,3-5,7-8H2,(H,14,15)/t10-/m0/s1. The molecule has 1 aromatic rings. The molecular weight excluding hydrogens is 222 g/mol. The van der Waals surface area contributed by atoms with E-state index in [1.165, 1.54) is 19.3 Å². The van der Waals surface area contributed by atoms with Crippen LogP contribution in [0.1, 0.15) is 19.3 Å². The van der Waals surface area contributed by atoms with Crippen LogP contribution in [-0.4, -0.2) is 24.1 Å². The van der Waals surface area contributed by atoms with Crippen molar-refractivity contribution >= 4 is 17.4 Å². The molecule has 0 aromatic carbocycles. The van der Waals surface area contributed by atoms with Crippen molar-refractivity contribution in [3.8, 4) is 0 Å². The zero-order chi connectivity index (χ0) is 11.0. The lowest BCUT2D eigenvalue weighted by atomic mass is 10.0. The third-order valence-electron chi connectivity index (χ3n) is 3.56. The maximum Gasteiger partial charge on any atom is 0.126 e. The molecule has 1 radical (unpaired) electrons. The van der Waals surface area contributed by atoms with Crippen molar-refractivity contribution in [2.45, 2.75) is 25.3 Å². The average Bonchev–Trinajstić information content (AvgIpc) is 2.91. The Morgan fingerprint density at radius 1 is 1.44 bits per heavy atom. The second-order valence-corrected chi connectivity index (χ2v) is 5.38. The van der Waals surface area contributed by atoms with Gasteiger partial charge in [0.1, 0.15) is 5.82 Å². The summed E-state index contributed by atoms with van der Waals surface area (Å²) in [6, 6.07) is 4.23. The molecule has 1 spiro atoms. The van der Waals surface area contributed by atoms with Gasteiger partial charge in [-0.2, -0.15) is 0 Å². The molecule has 2 aliphatic rings. The van der Waals surface area contributed by atoms with E-state index >= 15 is 0 Å². The largest absolute Gasteiger partial charge is 0.368 e. The van der Waals surface area contributed by atoms with Crippen molar-refractivity contribution < 1.29 is 0 Å². The summed E-state index contributed by atoms with van der Waals surface area (Å²) in [5.41, 5.74) is 0.611. The van der Waals surface area contributed by atoms with Crippen LogP contribution in [0.5, 0.6) is 0 Å². The maximum absolute atomic E-state index is 5.78. The van der Waals surface area contributed by atoms with Gasteiger partial charge in [0.15, 0.2) is 0 Å². The van der Waals surface area contributed by atoms with Gasteiger partial charge in [-0.05, 0) is 36.8 Å². The number of hydrogen-bond acceptors (Lipinski definition) is 2. The number of halogens is 1. The smallest absolute Gasteiger partial charge is 0.126 e. The van der Waals surface area contributed by atoms with Crippen molar-refractivity contribution in [1.82, 2.24) is 10.3 Å². The minimum absolute atomic E-state index is 0.472. The molecule has 1 aromatic heterocycles. The van der Waals surface area contributed by atoms with E-state index in [9.17, 15) is 0 Å². The van der Waals surface area contributed by atoms with Crippen molar-refractivity contribution in [3.63, 3.8) is 0 Å². The summed E-state index contributed by atoms with van der Waals surface area (Å²) < 4.78 is 0. The van der Waals surface area contributed by atoms with Crippen LogP contribution >= 0.6 is 11.6 Å². The third kappa shape index (κ3) is 2.15.